The van der Waals surface area contributed by atoms with Crippen molar-refractivity contribution >= 4 is 5.97 Å². The summed E-state index contributed by atoms with van der Waals surface area (Å²) >= 11 is 0. The van der Waals surface area contributed by atoms with Crippen LogP contribution in [0.3, 0.4) is 0 Å². The van der Waals surface area contributed by atoms with E-state index in [1.54, 1.807) is 0 Å². The summed E-state index contributed by atoms with van der Waals surface area (Å²) in [4.78, 5) is 20.0. The van der Waals surface area contributed by atoms with Gasteiger partial charge in [-0.05, 0) is 88.2 Å². The molecule has 0 aliphatic carbocycles. The molecule has 3 heterocycles. The van der Waals surface area contributed by atoms with Crippen molar-refractivity contribution in [3.05, 3.63) is 53.3 Å². The monoisotopic (exact) mass is 482 g/mol. The molecular formula is C28H35FN2O4. The molecule has 2 unspecified atom stereocenters. The van der Waals surface area contributed by atoms with Crippen molar-refractivity contribution in [1.82, 2.24) is 10.4 Å². The number of hydrogen-bond donors (Lipinski definition) is 1. The Hall–Kier alpha value is -2.64. The van der Waals surface area contributed by atoms with Gasteiger partial charge in [0, 0.05) is 17.7 Å². The fourth-order valence-corrected chi connectivity index (χ4v) is 5.76. The van der Waals surface area contributed by atoms with E-state index in [2.05, 4.69) is 24.2 Å². The maximum absolute atomic E-state index is 13.5. The molecule has 7 heteroatoms. The molecule has 1 saturated heterocycles. The van der Waals surface area contributed by atoms with E-state index < -0.39 is 0 Å². The second kappa shape index (κ2) is 10.2. The number of ether oxygens (including phenoxy) is 2. The Bertz CT molecular complexity index is 1070. The van der Waals surface area contributed by atoms with Gasteiger partial charge in [0.15, 0.2) is 5.75 Å². The molecule has 1 N–H and O–H groups in total. The molecule has 0 radical (unpaired) electrons. The number of rotatable bonds is 8. The van der Waals surface area contributed by atoms with E-state index in [0.29, 0.717) is 30.4 Å². The average Bonchev–Trinajstić information content (AvgIpc) is 3.20. The Morgan fingerprint density at radius 1 is 1.14 bits per heavy atom. The highest BCUT2D eigenvalue weighted by molar-refractivity contribution is 5.76. The van der Waals surface area contributed by atoms with Crippen LogP contribution in [-0.4, -0.2) is 37.1 Å². The first-order valence-corrected chi connectivity index (χ1v) is 12.9. The topological polar surface area (TPSA) is 60.0 Å². The summed E-state index contributed by atoms with van der Waals surface area (Å²) in [6, 6.07) is 10.7. The van der Waals surface area contributed by atoms with E-state index in [1.165, 1.54) is 12.1 Å². The van der Waals surface area contributed by atoms with Crippen molar-refractivity contribution in [2.45, 2.75) is 63.8 Å². The third-order valence-corrected chi connectivity index (χ3v) is 7.97. The number of hydroxylamine groups is 1. The van der Waals surface area contributed by atoms with E-state index >= 15 is 0 Å². The van der Waals surface area contributed by atoms with Crippen LogP contribution in [0.2, 0.25) is 0 Å². The zero-order valence-corrected chi connectivity index (χ0v) is 20.6. The lowest BCUT2D eigenvalue weighted by molar-refractivity contribution is -0.135. The highest BCUT2D eigenvalue weighted by Gasteiger charge is 2.44. The summed E-state index contributed by atoms with van der Waals surface area (Å²) in [5.41, 5.74) is 5.06. The van der Waals surface area contributed by atoms with Gasteiger partial charge in [-0.2, -0.15) is 0 Å². The number of nitrogens with one attached hydrogen (secondary N) is 1. The number of benzene rings is 2. The number of piperidine rings is 1. The molecule has 35 heavy (non-hydrogen) atoms. The van der Waals surface area contributed by atoms with Crippen molar-refractivity contribution in [2.24, 2.45) is 5.92 Å². The van der Waals surface area contributed by atoms with E-state index in [0.717, 1.165) is 68.6 Å². The van der Waals surface area contributed by atoms with Gasteiger partial charge in [0.2, 0.25) is 0 Å². The zero-order valence-electron chi connectivity index (χ0n) is 20.6. The number of carbonyl (C=O) groups excluding carboxylic acids is 1. The van der Waals surface area contributed by atoms with E-state index in [9.17, 15) is 9.18 Å². The minimum Gasteiger partial charge on any atom is -0.493 e. The standard InChI is InChI=1S/C28H35FN2O4/c1-3-19-16-27(32)34-25-18-22(7-8-23(19)25)33-15-5-4-12-31-13-10-20(11-14-31)28(2)24-9-6-21(29)17-26(24)35-30-28/h6-9,17-20,30H,3-5,10-16H2,1-2H3. The summed E-state index contributed by atoms with van der Waals surface area (Å²) in [6.45, 7) is 8.06. The predicted octanol–water partition coefficient (Wildman–Crippen LogP) is 5.31. The third-order valence-electron chi connectivity index (χ3n) is 7.97. The number of likely N-dealkylation sites (tertiary alicyclic amines) is 1. The summed E-state index contributed by atoms with van der Waals surface area (Å²) in [7, 11) is 0. The van der Waals surface area contributed by atoms with Crippen LogP contribution in [0, 0.1) is 11.7 Å². The van der Waals surface area contributed by atoms with Gasteiger partial charge in [-0.25, -0.2) is 4.39 Å². The van der Waals surface area contributed by atoms with Crippen LogP contribution < -0.4 is 19.8 Å². The van der Waals surface area contributed by atoms with Crippen LogP contribution in [-0.2, 0) is 10.3 Å². The van der Waals surface area contributed by atoms with Crippen molar-refractivity contribution in [1.29, 1.82) is 0 Å². The molecule has 0 aromatic heterocycles. The van der Waals surface area contributed by atoms with Crippen molar-refractivity contribution in [2.75, 3.05) is 26.2 Å². The second-order valence-electron chi connectivity index (χ2n) is 10.2. The van der Waals surface area contributed by atoms with Gasteiger partial charge in [0.1, 0.15) is 17.3 Å². The van der Waals surface area contributed by atoms with Gasteiger partial charge in [-0.15, -0.1) is 5.48 Å². The maximum Gasteiger partial charge on any atom is 0.311 e. The third kappa shape index (κ3) is 5.02. The largest absolute Gasteiger partial charge is 0.493 e. The quantitative estimate of drug-likeness (QED) is 0.313. The predicted molar refractivity (Wildman–Crippen MR) is 131 cm³/mol. The molecule has 1 fully saturated rings. The molecule has 0 bridgehead atoms. The number of nitrogens with zero attached hydrogens (tertiary/aromatic N) is 1. The van der Waals surface area contributed by atoms with Crippen molar-refractivity contribution in [3.8, 4) is 17.2 Å². The van der Waals surface area contributed by atoms with E-state index in [4.69, 9.17) is 14.3 Å². The summed E-state index contributed by atoms with van der Waals surface area (Å²) < 4.78 is 24.9. The molecule has 5 rings (SSSR count). The SMILES string of the molecule is CCC1CC(=O)Oc2cc(OCCCCN3CCC(C4(C)NOc5cc(F)ccc54)CC3)ccc21. The van der Waals surface area contributed by atoms with Crippen LogP contribution in [0.15, 0.2) is 36.4 Å². The van der Waals surface area contributed by atoms with E-state index in [1.807, 2.05) is 24.3 Å². The molecule has 2 atom stereocenters. The van der Waals surface area contributed by atoms with Crippen molar-refractivity contribution in [3.63, 3.8) is 0 Å². The first kappa shape index (κ1) is 24.1. The Morgan fingerprint density at radius 3 is 2.77 bits per heavy atom. The maximum atomic E-state index is 13.5. The molecule has 0 amide bonds. The molecule has 188 valence electrons. The number of fused-ring (bicyclic) bond motifs is 2. The number of halogens is 1. The van der Waals surface area contributed by atoms with Crippen molar-refractivity contribution < 1.29 is 23.5 Å². The molecular weight excluding hydrogens is 447 g/mol. The van der Waals surface area contributed by atoms with Crippen LogP contribution in [0.25, 0.3) is 0 Å². The smallest absolute Gasteiger partial charge is 0.311 e. The lowest BCUT2D eigenvalue weighted by Crippen LogP contribution is -2.48. The van der Waals surface area contributed by atoms with Gasteiger partial charge in [0.25, 0.3) is 0 Å². The normalized spacial score (nSPS) is 24.4. The molecule has 3 aliphatic heterocycles. The fraction of sp³-hybridized carbons (Fsp3) is 0.536. The summed E-state index contributed by atoms with van der Waals surface area (Å²) in [5, 5.41) is 0. The fourth-order valence-electron chi connectivity index (χ4n) is 5.76. The number of unbranched alkanes of at least 4 members (excludes halogenated alkanes) is 1. The number of carbonyl (C=O) groups is 1. The summed E-state index contributed by atoms with van der Waals surface area (Å²) in [6.07, 6.45) is 5.58. The second-order valence-corrected chi connectivity index (χ2v) is 10.2. The molecule has 0 spiro atoms. The molecule has 2 aromatic carbocycles. The van der Waals surface area contributed by atoms with Crippen LogP contribution in [0.4, 0.5) is 4.39 Å². The Labute approximate surface area is 206 Å². The average molecular weight is 483 g/mol. The Balaban J connectivity index is 1.04. The molecule has 6 nitrogen and oxygen atoms in total. The lowest BCUT2D eigenvalue weighted by atomic mass is 9.75. The highest BCUT2D eigenvalue weighted by Crippen LogP contribution is 2.44. The minimum absolute atomic E-state index is 0.159. The number of esters is 1. The number of hydrogen-bond acceptors (Lipinski definition) is 6. The molecule has 2 aromatic rings. The molecule has 0 saturated carbocycles. The first-order chi connectivity index (χ1) is 17.0. The first-order valence-electron chi connectivity index (χ1n) is 12.9. The van der Waals surface area contributed by atoms with Crippen LogP contribution >= 0.6 is 0 Å². The van der Waals surface area contributed by atoms with Gasteiger partial charge < -0.3 is 19.2 Å². The van der Waals surface area contributed by atoms with Gasteiger partial charge in [-0.3, -0.25) is 4.79 Å². The summed E-state index contributed by atoms with van der Waals surface area (Å²) in [5.74, 6) is 2.27. The molecule has 3 aliphatic rings. The van der Waals surface area contributed by atoms with Gasteiger partial charge in [-0.1, -0.05) is 19.1 Å². The van der Waals surface area contributed by atoms with Crippen LogP contribution in [0.1, 0.15) is 69.4 Å². The minimum atomic E-state index is -0.274. The Morgan fingerprint density at radius 2 is 1.97 bits per heavy atom. The van der Waals surface area contributed by atoms with Gasteiger partial charge >= 0.3 is 5.97 Å². The zero-order chi connectivity index (χ0) is 24.4. The van der Waals surface area contributed by atoms with Gasteiger partial charge in [0.05, 0.1) is 18.6 Å². The lowest BCUT2D eigenvalue weighted by Gasteiger charge is -2.39. The van der Waals surface area contributed by atoms with Crippen LogP contribution in [0.5, 0.6) is 17.2 Å². The highest BCUT2D eigenvalue weighted by atomic mass is 19.1. The van der Waals surface area contributed by atoms with E-state index in [-0.39, 0.29) is 23.2 Å². The Kier molecular flexibility index (Phi) is 6.98.